The van der Waals surface area contributed by atoms with Gasteiger partial charge in [0.25, 0.3) is 0 Å². The second kappa shape index (κ2) is 8.19. The zero-order valence-corrected chi connectivity index (χ0v) is 17.0. The summed E-state index contributed by atoms with van der Waals surface area (Å²) in [5, 5.41) is 0. The van der Waals surface area contributed by atoms with Gasteiger partial charge in [0.1, 0.15) is 0 Å². The van der Waals surface area contributed by atoms with Crippen molar-refractivity contribution in [2.45, 2.75) is 44.7 Å². The number of nitrogens with zero attached hydrogens (tertiary/aromatic N) is 5. The Morgan fingerprint density at radius 1 is 1.08 bits per heavy atom. The van der Waals surface area contributed by atoms with E-state index >= 15 is 0 Å². The van der Waals surface area contributed by atoms with Crippen LogP contribution in [-0.2, 0) is 16.6 Å². The Labute approximate surface area is 157 Å². The maximum absolute atomic E-state index is 12.1. The van der Waals surface area contributed by atoms with Crippen LogP contribution >= 0.6 is 0 Å². The summed E-state index contributed by atoms with van der Waals surface area (Å²) in [5.41, 5.74) is 1.13. The van der Waals surface area contributed by atoms with Gasteiger partial charge in [0.05, 0.1) is 6.26 Å². The lowest BCUT2D eigenvalue weighted by Crippen LogP contribution is -2.49. The van der Waals surface area contributed by atoms with E-state index < -0.39 is 10.0 Å². The molecule has 2 saturated heterocycles. The Bertz CT molecular complexity index is 684. The van der Waals surface area contributed by atoms with Gasteiger partial charge in [0.15, 0.2) is 0 Å². The van der Waals surface area contributed by atoms with Crippen molar-refractivity contribution in [1.82, 2.24) is 19.2 Å². The van der Waals surface area contributed by atoms with Crippen LogP contribution in [0.15, 0.2) is 12.4 Å². The molecule has 26 heavy (non-hydrogen) atoms. The van der Waals surface area contributed by atoms with E-state index in [-0.39, 0.29) is 6.04 Å². The summed E-state index contributed by atoms with van der Waals surface area (Å²) in [6.45, 7) is 3.57. The minimum atomic E-state index is -3.10. The van der Waals surface area contributed by atoms with Crippen molar-refractivity contribution in [3.05, 3.63) is 18.0 Å². The minimum Gasteiger partial charge on any atom is -0.347 e. The molecule has 0 aromatic carbocycles. The van der Waals surface area contributed by atoms with Crippen LogP contribution in [0.25, 0.3) is 0 Å². The van der Waals surface area contributed by atoms with Crippen molar-refractivity contribution >= 4 is 16.0 Å². The fourth-order valence-corrected chi connectivity index (χ4v) is 5.46. The van der Waals surface area contributed by atoms with Gasteiger partial charge in [-0.05, 0) is 44.7 Å². The molecule has 0 amide bonds. The average molecular weight is 382 g/mol. The molecule has 2 aliphatic heterocycles. The molecule has 3 heterocycles. The molecule has 1 aromatic rings. The number of hydrogen-bond donors (Lipinski definition) is 0. The van der Waals surface area contributed by atoms with Crippen LogP contribution < -0.4 is 4.90 Å². The topological polar surface area (TPSA) is 69.6 Å². The fourth-order valence-electron chi connectivity index (χ4n) is 4.23. The van der Waals surface area contributed by atoms with E-state index in [1.807, 2.05) is 31.4 Å². The molecule has 0 N–H and O–H groups in total. The summed E-state index contributed by atoms with van der Waals surface area (Å²) in [4.78, 5) is 13.1. The van der Waals surface area contributed by atoms with Gasteiger partial charge in [-0.15, -0.1) is 0 Å². The highest BCUT2D eigenvalue weighted by Gasteiger charge is 2.36. The van der Waals surface area contributed by atoms with Crippen LogP contribution in [-0.4, -0.2) is 73.6 Å². The number of rotatable bonds is 5. The molecule has 1 atom stereocenters. The molecule has 8 heteroatoms. The lowest BCUT2D eigenvalue weighted by atomic mass is 9.85. The van der Waals surface area contributed by atoms with Crippen LogP contribution in [0, 0.1) is 5.92 Å². The number of aromatic nitrogens is 2. The summed E-state index contributed by atoms with van der Waals surface area (Å²) in [6.07, 6.45) is 10.4. The first kappa shape index (κ1) is 19.5. The van der Waals surface area contributed by atoms with Gasteiger partial charge in [-0.2, -0.15) is 4.31 Å². The molecular formula is C18H31N5O2S. The standard InChI is InChI=1S/C18H31N5O2S/c1-21(2)18-19-12-15(13-20-18)14-22-10-7-16(8-11-22)17-6-4-5-9-23(17)26(3,24)25/h12-13,16-17H,4-11,14H2,1-3H3. The van der Waals surface area contributed by atoms with Gasteiger partial charge in [0.2, 0.25) is 16.0 Å². The molecule has 1 unspecified atom stereocenters. The molecule has 146 valence electrons. The first-order chi connectivity index (χ1) is 12.3. The van der Waals surface area contributed by atoms with Crippen molar-refractivity contribution in [3.8, 4) is 0 Å². The quantitative estimate of drug-likeness (QED) is 0.771. The van der Waals surface area contributed by atoms with E-state index in [9.17, 15) is 8.42 Å². The lowest BCUT2D eigenvalue weighted by Gasteiger charge is -2.42. The second-order valence-electron chi connectivity index (χ2n) is 7.84. The Morgan fingerprint density at radius 3 is 2.31 bits per heavy atom. The third-order valence-electron chi connectivity index (χ3n) is 5.60. The summed E-state index contributed by atoms with van der Waals surface area (Å²) in [6, 6.07) is 0.198. The molecule has 2 fully saturated rings. The van der Waals surface area contributed by atoms with Gasteiger partial charge >= 0.3 is 0 Å². The van der Waals surface area contributed by atoms with Gasteiger partial charge in [0, 0.05) is 51.2 Å². The Balaban J connectivity index is 1.55. The SMILES string of the molecule is CN(C)c1ncc(CN2CCC(C3CCCCN3S(C)(=O)=O)CC2)cn1. The van der Waals surface area contributed by atoms with E-state index in [1.54, 1.807) is 4.31 Å². The smallest absolute Gasteiger partial charge is 0.224 e. The van der Waals surface area contributed by atoms with Crippen molar-refractivity contribution in [2.75, 3.05) is 44.9 Å². The van der Waals surface area contributed by atoms with Gasteiger partial charge in [-0.3, -0.25) is 4.90 Å². The molecule has 7 nitrogen and oxygen atoms in total. The van der Waals surface area contributed by atoms with Crippen LogP contribution in [0.2, 0.25) is 0 Å². The van der Waals surface area contributed by atoms with Crippen molar-refractivity contribution < 1.29 is 8.42 Å². The highest BCUT2D eigenvalue weighted by molar-refractivity contribution is 7.88. The average Bonchev–Trinajstić information content (AvgIpc) is 2.62. The molecule has 3 rings (SSSR count). The molecular weight excluding hydrogens is 350 g/mol. The molecule has 2 aliphatic rings. The maximum Gasteiger partial charge on any atom is 0.224 e. The largest absolute Gasteiger partial charge is 0.347 e. The number of piperidine rings is 2. The normalized spacial score (nSPS) is 23.9. The second-order valence-corrected chi connectivity index (χ2v) is 9.77. The van der Waals surface area contributed by atoms with Gasteiger partial charge in [-0.1, -0.05) is 6.42 Å². The number of anilines is 1. The number of sulfonamides is 1. The first-order valence-corrected chi connectivity index (χ1v) is 11.4. The Morgan fingerprint density at radius 2 is 1.73 bits per heavy atom. The van der Waals surface area contributed by atoms with E-state index in [1.165, 1.54) is 6.26 Å². The van der Waals surface area contributed by atoms with E-state index in [0.717, 1.165) is 63.3 Å². The highest BCUT2D eigenvalue weighted by atomic mass is 32.2. The zero-order chi connectivity index (χ0) is 18.7. The molecule has 0 spiro atoms. The number of hydrogen-bond acceptors (Lipinski definition) is 6. The van der Waals surface area contributed by atoms with Crippen molar-refractivity contribution in [3.63, 3.8) is 0 Å². The molecule has 0 radical (unpaired) electrons. The Hall–Kier alpha value is -1.25. The van der Waals surface area contributed by atoms with Crippen LogP contribution in [0.1, 0.15) is 37.7 Å². The fraction of sp³-hybridized carbons (Fsp3) is 0.778. The van der Waals surface area contributed by atoms with Crippen molar-refractivity contribution in [2.24, 2.45) is 5.92 Å². The molecule has 0 bridgehead atoms. The predicted molar refractivity (Wildman–Crippen MR) is 104 cm³/mol. The van der Waals surface area contributed by atoms with Gasteiger partial charge in [-0.25, -0.2) is 18.4 Å². The van der Waals surface area contributed by atoms with Crippen molar-refractivity contribution in [1.29, 1.82) is 0 Å². The summed E-state index contributed by atoms with van der Waals surface area (Å²) in [5.74, 6) is 1.21. The Kier molecular flexibility index (Phi) is 6.14. The highest BCUT2D eigenvalue weighted by Crippen LogP contribution is 2.32. The minimum absolute atomic E-state index is 0.198. The van der Waals surface area contributed by atoms with Crippen LogP contribution in [0.3, 0.4) is 0 Å². The first-order valence-electron chi connectivity index (χ1n) is 9.52. The molecule has 1 aromatic heterocycles. The van der Waals surface area contributed by atoms with E-state index in [2.05, 4.69) is 14.9 Å². The summed E-state index contributed by atoms with van der Waals surface area (Å²) < 4.78 is 26.0. The van der Waals surface area contributed by atoms with Crippen LogP contribution in [0.5, 0.6) is 0 Å². The van der Waals surface area contributed by atoms with E-state index in [4.69, 9.17) is 0 Å². The molecule has 0 saturated carbocycles. The monoisotopic (exact) mass is 381 g/mol. The third-order valence-corrected chi connectivity index (χ3v) is 6.90. The summed E-state index contributed by atoms with van der Waals surface area (Å²) in [7, 11) is 0.772. The molecule has 0 aliphatic carbocycles. The lowest BCUT2D eigenvalue weighted by molar-refractivity contribution is 0.106. The predicted octanol–water partition coefficient (Wildman–Crippen LogP) is 1.57. The van der Waals surface area contributed by atoms with Crippen LogP contribution in [0.4, 0.5) is 5.95 Å². The zero-order valence-electron chi connectivity index (χ0n) is 16.1. The maximum atomic E-state index is 12.1. The number of likely N-dealkylation sites (tertiary alicyclic amines) is 1. The third kappa shape index (κ3) is 4.72. The summed E-state index contributed by atoms with van der Waals surface area (Å²) >= 11 is 0. The van der Waals surface area contributed by atoms with Gasteiger partial charge < -0.3 is 4.90 Å². The van der Waals surface area contributed by atoms with E-state index in [0.29, 0.717) is 12.5 Å².